The SMILES string of the molecule is CS(=O)(=O)CCN1CCN(C(=O)CCOc2ccccc2)CC1. The van der Waals surface area contributed by atoms with E-state index in [1.165, 1.54) is 6.26 Å². The van der Waals surface area contributed by atoms with Crippen molar-refractivity contribution in [3.63, 3.8) is 0 Å². The quantitative estimate of drug-likeness (QED) is 0.729. The van der Waals surface area contributed by atoms with Crippen LogP contribution in [-0.4, -0.2) is 75.5 Å². The molecule has 7 heteroatoms. The van der Waals surface area contributed by atoms with E-state index in [-0.39, 0.29) is 11.7 Å². The molecule has 1 heterocycles. The van der Waals surface area contributed by atoms with Gasteiger partial charge in [0, 0.05) is 39.0 Å². The van der Waals surface area contributed by atoms with E-state index in [0.717, 1.165) is 18.8 Å². The molecule has 23 heavy (non-hydrogen) atoms. The number of para-hydroxylation sites is 1. The molecule has 2 rings (SSSR count). The monoisotopic (exact) mass is 340 g/mol. The first kappa shape index (κ1) is 17.7. The van der Waals surface area contributed by atoms with Crippen LogP contribution in [-0.2, 0) is 14.6 Å². The highest BCUT2D eigenvalue weighted by Crippen LogP contribution is 2.09. The highest BCUT2D eigenvalue weighted by Gasteiger charge is 2.21. The summed E-state index contributed by atoms with van der Waals surface area (Å²) in [6.45, 7) is 3.65. The van der Waals surface area contributed by atoms with Crippen molar-refractivity contribution in [2.75, 3.05) is 51.3 Å². The zero-order valence-electron chi connectivity index (χ0n) is 13.5. The fourth-order valence-electron chi connectivity index (χ4n) is 2.45. The first-order valence-electron chi connectivity index (χ1n) is 7.80. The molecular weight excluding hydrogens is 316 g/mol. The van der Waals surface area contributed by atoms with Crippen molar-refractivity contribution in [1.29, 1.82) is 0 Å². The van der Waals surface area contributed by atoms with Gasteiger partial charge in [0.05, 0.1) is 18.8 Å². The van der Waals surface area contributed by atoms with Crippen molar-refractivity contribution in [3.8, 4) is 5.75 Å². The van der Waals surface area contributed by atoms with Crippen LogP contribution in [0, 0.1) is 0 Å². The molecule has 0 spiro atoms. The summed E-state index contributed by atoms with van der Waals surface area (Å²) in [4.78, 5) is 16.1. The Balaban J connectivity index is 1.65. The minimum atomic E-state index is -2.93. The molecule has 1 saturated heterocycles. The van der Waals surface area contributed by atoms with Crippen LogP contribution < -0.4 is 4.74 Å². The van der Waals surface area contributed by atoms with Crippen molar-refractivity contribution in [1.82, 2.24) is 9.80 Å². The summed E-state index contributed by atoms with van der Waals surface area (Å²) >= 11 is 0. The molecule has 0 aromatic heterocycles. The van der Waals surface area contributed by atoms with Crippen LogP contribution in [0.4, 0.5) is 0 Å². The lowest BCUT2D eigenvalue weighted by atomic mass is 10.3. The van der Waals surface area contributed by atoms with Gasteiger partial charge in [-0.2, -0.15) is 0 Å². The predicted molar refractivity (Wildman–Crippen MR) is 89.3 cm³/mol. The number of nitrogens with zero attached hydrogens (tertiary/aromatic N) is 2. The Labute approximate surface area is 137 Å². The lowest BCUT2D eigenvalue weighted by Gasteiger charge is -2.34. The van der Waals surface area contributed by atoms with E-state index < -0.39 is 9.84 Å². The van der Waals surface area contributed by atoms with Crippen LogP contribution in [0.1, 0.15) is 6.42 Å². The van der Waals surface area contributed by atoms with Gasteiger partial charge in [0.2, 0.25) is 5.91 Å². The summed E-state index contributed by atoms with van der Waals surface area (Å²) in [6, 6.07) is 9.44. The number of hydrogen-bond donors (Lipinski definition) is 0. The maximum absolute atomic E-state index is 12.1. The molecule has 0 unspecified atom stereocenters. The van der Waals surface area contributed by atoms with Gasteiger partial charge in [-0.15, -0.1) is 0 Å². The normalized spacial score (nSPS) is 16.3. The lowest BCUT2D eigenvalue weighted by molar-refractivity contribution is -0.133. The maximum atomic E-state index is 12.1. The molecule has 0 saturated carbocycles. The summed E-state index contributed by atoms with van der Waals surface area (Å²) in [6.07, 6.45) is 1.61. The smallest absolute Gasteiger partial charge is 0.226 e. The molecule has 1 aromatic rings. The molecule has 0 radical (unpaired) electrons. The first-order chi connectivity index (χ1) is 10.9. The minimum absolute atomic E-state index is 0.0868. The van der Waals surface area contributed by atoms with Crippen molar-refractivity contribution in [3.05, 3.63) is 30.3 Å². The molecule has 128 valence electrons. The molecule has 0 atom stereocenters. The Hall–Kier alpha value is -1.60. The second-order valence-electron chi connectivity index (χ2n) is 5.76. The van der Waals surface area contributed by atoms with Gasteiger partial charge in [-0.1, -0.05) is 18.2 Å². The highest BCUT2D eigenvalue weighted by molar-refractivity contribution is 7.90. The molecule has 1 aliphatic heterocycles. The van der Waals surface area contributed by atoms with E-state index in [9.17, 15) is 13.2 Å². The highest BCUT2D eigenvalue weighted by atomic mass is 32.2. The second-order valence-corrected chi connectivity index (χ2v) is 8.02. The summed E-state index contributed by atoms with van der Waals surface area (Å²) in [5, 5.41) is 0. The Morgan fingerprint density at radius 1 is 1.13 bits per heavy atom. The van der Waals surface area contributed by atoms with Crippen molar-refractivity contribution in [2.24, 2.45) is 0 Å². The molecule has 1 amide bonds. The summed E-state index contributed by atoms with van der Waals surface area (Å²) in [5.74, 6) is 1.03. The van der Waals surface area contributed by atoms with E-state index in [0.29, 0.717) is 32.7 Å². The van der Waals surface area contributed by atoms with E-state index in [4.69, 9.17) is 4.74 Å². The third-order valence-electron chi connectivity index (χ3n) is 3.83. The van der Waals surface area contributed by atoms with Gasteiger partial charge in [-0.05, 0) is 12.1 Å². The van der Waals surface area contributed by atoms with Crippen LogP contribution in [0.2, 0.25) is 0 Å². The van der Waals surface area contributed by atoms with Gasteiger partial charge >= 0.3 is 0 Å². The van der Waals surface area contributed by atoms with Crippen molar-refractivity contribution in [2.45, 2.75) is 6.42 Å². The first-order valence-corrected chi connectivity index (χ1v) is 9.86. The number of carbonyl (C=O) groups excluding carboxylic acids is 1. The van der Waals surface area contributed by atoms with Crippen LogP contribution in [0.15, 0.2) is 30.3 Å². The van der Waals surface area contributed by atoms with Crippen molar-refractivity contribution >= 4 is 15.7 Å². The van der Waals surface area contributed by atoms with Gasteiger partial charge in [0.25, 0.3) is 0 Å². The van der Waals surface area contributed by atoms with Gasteiger partial charge in [0.1, 0.15) is 15.6 Å². The standard InChI is InChI=1S/C16H24N2O4S/c1-23(20,21)14-12-17-8-10-18(11-9-17)16(19)7-13-22-15-5-3-2-4-6-15/h2-6H,7-14H2,1H3. The maximum Gasteiger partial charge on any atom is 0.226 e. The zero-order valence-corrected chi connectivity index (χ0v) is 14.3. The van der Waals surface area contributed by atoms with Gasteiger partial charge in [0.15, 0.2) is 0 Å². The minimum Gasteiger partial charge on any atom is -0.493 e. The molecule has 1 aromatic carbocycles. The second kappa shape index (κ2) is 8.31. The zero-order chi connectivity index (χ0) is 16.7. The number of hydrogen-bond acceptors (Lipinski definition) is 5. The Morgan fingerprint density at radius 2 is 1.78 bits per heavy atom. The van der Waals surface area contributed by atoms with Gasteiger partial charge < -0.3 is 9.64 Å². The number of amides is 1. The number of rotatable bonds is 7. The van der Waals surface area contributed by atoms with Crippen LogP contribution in [0.3, 0.4) is 0 Å². The predicted octanol–water partition coefficient (Wildman–Crippen LogP) is 0.644. The number of piperazine rings is 1. The largest absolute Gasteiger partial charge is 0.493 e. The third-order valence-corrected chi connectivity index (χ3v) is 4.76. The summed E-state index contributed by atoms with van der Waals surface area (Å²) in [5.41, 5.74) is 0. The van der Waals surface area contributed by atoms with Crippen LogP contribution in [0.5, 0.6) is 5.75 Å². The molecule has 1 fully saturated rings. The van der Waals surface area contributed by atoms with Crippen LogP contribution in [0.25, 0.3) is 0 Å². The van der Waals surface area contributed by atoms with Crippen LogP contribution >= 0.6 is 0 Å². The Kier molecular flexibility index (Phi) is 6.41. The average molecular weight is 340 g/mol. The van der Waals surface area contributed by atoms with Gasteiger partial charge in [-0.25, -0.2) is 8.42 Å². The molecule has 6 nitrogen and oxygen atoms in total. The molecule has 0 aliphatic carbocycles. The topological polar surface area (TPSA) is 66.9 Å². The molecular formula is C16H24N2O4S. The number of sulfone groups is 1. The van der Waals surface area contributed by atoms with E-state index in [2.05, 4.69) is 4.90 Å². The number of benzene rings is 1. The van der Waals surface area contributed by atoms with Gasteiger partial charge in [-0.3, -0.25) is 9.69 Å². The summed E-state index contributed by atoms with van der Waals surface area (Å²) < 4.78 is 27.9. The number of carbonyl (C=O) groups is 1. The van der Waals surface area contributed by atoms with Crippen molar-refractivity contribution < 1.29 is 17.9 Å². The number of ether oxygens (including phenoxy) is 1. The fraction of sp³-hybridized carbons (Fsp3) is 0.562. The summed E-state index contributed by atoms with van der Waals surface area (Å²) in [7, 11) is -2.93. The fourth-order valence-corrected chi connectivity index (χ4v) is 3.04. The van der Waals surface area contributed by atoms with E-state index in [1.807, 2.05) is 35.2 Å². The third kappa shape index (κ3) is 6.58. The molecule has 0 bridgehead atoms. The Morgan fingerprint density at radius 3 is 2.39 bits per heavy atom. The Bertz CT molecular complexity index is 596. The average Bonchev–Trinajstić information content (AvgIpc) is 2.54. The molecule has 0 N–H and O–H groups in total. The molecule has 1 aliphatic rings. The van der Waals surface area contributed by atoms with E-state index >= 15 is 0 Å². The lowest BCUT2D eigenvalue weighted by Crippen LogP contribution is -2.49. The van der Waals surface area contributed by atoms with E-state index in [1.54, 1.807) is 0 Å².